The number of aryl methyl sites for hydroxylation is 2. The third kappa shape index (κ3) is 5.09. The van der Waals surface area contributed by atoms with Crippen molar-refractivity contribution in [2.75, 3.05) is 13.2 Å². The fourth-order valence-corrected chi connectivity index (χ4v) is 3.11. The van der Waals surface area contributed by atoms with Gasteiger partial charge in [-0.1, -0.05) is 12.1 Å². The second kappa shape index (κ2) is 9.21. The number of rotatable bonds is 8. The Balaban J connectivity index is 1.42. The van der Waals surface area contributed by atoms with Crippen LogP contribution in [0, 0.1) is 0 Å². The maximum atomic E-state index is 12.2. The van der Waals surface area contributed by atoms with E-state index in [0.717, 1.165) is 42.9 Å². The van der Waals surface area contributed by atoms with Crippen LogP contribution in [0.25, 0.3) is 6.08 Å². The number of ether oxygens (including phenoxy) is 1. The fraction of sp³-hybridized carbons (Fsp3) is 0.450. The number of aromatic nitrogens is 3. The molecule has 3 rings (SSSR count). The van der Waals surface area contributed by atoms with Gasteiger partial charge in [-0.25, -0.2) is 9.48 Å². The van der Waals surface area contributed by atoms with Gasteiger partial charge in [0.2, 0.25) is 5.91 Å². The fourth-order valence-electron chi connectivity index (χ4n) is 3.11. The highest BCUT2D eigenvalue weighted by Gasteiger charge is 2.16. The van der Waals surface area contributed by atoms with Gasteiger partial charge in [-0.3, -0.25) is 9.36 Å². The van der Waals surface area contributed by atoms with E-state index in [1.54, 1.807) is 10.6 Å². The SMILES string of the molecule is CCOc1ccc(C=CC(=O)NCCCn2nc3n(c2=O)CCCC3)cc1. The first-order valence-electron chi connectivity index (χ1n) is 9.52. The molecule has 0 bridgehead atoms. The van der Waals surface area contributed by atoms with Crippen LogP contribution in [0.4, 0.5) is 0 Å². The van der Waals surface area contributed by atoms with Gasteiger partial charge in [-0.2, -0.15) is 5.10 Å². The van der Waals surface area contributed by atoms with E-state index in [1.807, 2.05) is 31.2 Å². The maximum absolute atomic E-state index is 12.2. The molecule has 2 heterocycles. The average molecular weight is 370 g/mol. The summed E-state index contributed by atoms with van der Waals surface area (Å²) in [7, 11) is 0. The van der Waals surface area contributed by atoms with Crippen LogP contribution in [-0.2, 0) is 24.3 Å². The van der Waals surface area contributed by atoms with Gasteiger partial charge >= 0.3 is 5.69 Å². The Hall–Kier alpha value is -2.83. The van der Waals surface area contributed by atoms with Crippen molar-refractivity contribution in [3.8, 4) is 5.75 Å². The molecular formula is C20H26N4O3. The van der Waals surface area contributed by atoms with Crippen LogP contribution < -0.4 is 15.7 Å². The van der Waals surface area contributed by atoms with Crippen molar-refractivity contribution in [2.24, 2.45) is 0 Å². The van der Waals surface area contributed by atoms with Crippen molar-refractivity contribution in [3.63, 3.8) is 0 Å². The first-order valence-corrected chi connectivity index (χ1v) is 9.52. The minimum Gasteiger partial charge on any atom is -0.494 e. The molecule has 1 N–H and O–H groups in total. The van der Waals surface area contributed by atoms with Crippen molar-refractivity contribution in [1.29, 1.82) is 0 Å². The molecule has 1 amide bonds. The van der Waals surface area contributed by atoms with Gasteiger partial charge in [0.1, 0.15) is 11.6 Å². The van der Waals surface area contributed by atoms with E-state index in [2.05, 4.69) is 10.4 Å². The molecule has 1 aromatic heterocycles. The predicted octanol–water partition coefficient (Wildman–Crippen LogP) is 2.00. The standard InChI is InChI=1S/C20H26N4O3/c1-2-27-17-10-7-16(8-11-17)9-12-19(25)21-13-5-15-24-20(26)23-14-4-3-6-18(23)22-24/h7-12H,2-6,13-15H2,1H3,(H,21,25). The summed E-state index contributed by atoms with van der Waals surface area (Å²) in [5.41, 5.74) is 0.898. The maximum Gasteiger partial charge on any atom is 0.345 e. The topological polar surface area (TPSA) is 78.2 Å². The molecule has 1 aliphatic heterocycles. The van der Waals surface area contributed by atoms with Gasteiger partial charge in [0, 0.05) is 32.1 Å². The van der Waals surface area contributed by atoms with Crippen molar-refractivity contribution in [1.82, 2.24) is 19.7 Å². The summed E-state index contributed by atoms with van der Waals surface area (Å²) < 4.78 is 8.67. The van der Waals surface area contributed by atoms with E-state index in [1.165, 1.54) is 10.8 Å². The highest BCUT2D eigenvalue weighted by atomic mass is 16.5. The molecule has 0 saturated carbocycles. The third-order valence-electron chi connectivity index (χ3n) is 4.50. The highest BCUT2D eigenvalue weighted by molar-refractivity contribution is 5.91. The van der Waals surface area contributed by atoms with Crippen molar-refractivity contribution < 1.29 is 9.53 Å². The number of nitrogens with one attached hydrogen (secondary N) is 1. The van der Waals surface area contributed by atoms with Crippen LogP contribution in [0.5, 0.6) is 5.75 Å². The van der Waals surface area contributed by atoms with Gasteiger partial charge < -0.3 is 10.1 Å². The Kier molecular flexibility index (Phi) is 6.46. The van der Waals surface area contributed by atoms with E-state index in [0.29, 0.717) is 26.1 Å². The Bertz CT molecular complexity index is 849. The summed E-state index contributed by atoms with van der Waals surface area (Å²) in [6.07, 6.45) is 6.94. The molecule has 1 aliphatic rings. The second-order valence-corrected chi connectivity index (χ2v) is 6.51. The van der Waals surface area contributed by atoms with Gasteiger partial charge in [-0.05, 0) is 50.0 Å². The molecule has 7 nitrogen and oxygen atoms in total. The smallest absolute Gasteiger partial charge is 0.345 e. The zero-order valence-electron chi connectivity index (χ0n) is 15.7. The lowest BCUT2D eigenvalue weighted by Gasteiger charge is -2.09. The molecular weight excluding hydrogens is 344 g/mol. The van der Waals surface area contributed by atoms with Crippen LogP contribution in [-0.4, -0.2) is 33.4 Å². The van der Waals surface area contributed by atoms with E-state index < -0.39 is 0 Å². The highest BCUT2D eigenvalue weighted by Crippen LogP contribution is 2.13. The molecule has 27 heavy (non-hydrogen) atoms. The largest absolute Gasteiger partial charge is 0.494 e. The lowest BCUT2D eigenvalue weighted by molar-refractivity contribution is -0.116. The van der Waals surface area contributed by atoms with Gasteiger partial charge in [-0.15, -0.1) is 0 Å². The first-order chi connectivity index (χ1) is 13.2. The number of hydrogen-bond acceptors (Lipinski definition) is 4. The predicted molar refractivity (Wildman–Crippen MR) is 104 cm³/mol. The molecule has 2 aromatic rings. The molecule has 0 spiro atoms. The van der Waals surface area contributed by atoms with Crippen molar-refractivity contribution >= 4 is 12.0 Å². The third-order valence-corrected chi connectivity index (χ3v) is 4.50. The molecule has 0 radical (unpaired) electrons. The number of nitrogens with zero attached hydrogens (tertiary/aromatic N) is 3. The normalized spacial score (nSPS) is 13.5. The Labute approximate surface area is 158 Å². The molecule has 0 atom stereocenters. The number of carbonyl (C=O) groups is 1. The Morgan fingerprint density at radius 2 is 2.11 bits per heavy atom. The van der Waals surface area contributed by atoms with Crippen LogP contribution in [0.3, 0.4) is 0 Å². The minimum atomic E-state index is -0.152. The quantitative estimate of drug-likeness (QED) is 0.569. The van der Waals surface area contributed by atoms with Crippen molar-refractivity contribution in [3.05, 3.63) is 52.2 Å². The van der Waals surface area contributed by atoms with E-state index >= 15 is 0 Å². The monoisotopic (exact) mass is 370 g/mol. The summed E-state index contributed by atoms with van der Waals surface area (Å²) in [4.78, 5) is 24.1. The number of benzene rings is 1. The lowest BCUT2D eigenvalue weighted by atomic mass is 10.2. The molecule has 0 saturated heterocycles. The summed E-state index contributed by atoms with van der Waals surface area (Å²) >= 11 is 0. The van der Waals surface area contributed by atoms with Gasteiger partial charge in [0.25, 0.3) is 0 Å². The lowest BCUT2D eigenvalue weighted by Crippen LogP contribution is -2.28. The average Bonchev–Trinajstić information content (AvgIpc) is 3.01. The van der Waals surface area contributed by atoms with E-state index in [4.69, 9.17) is 4.74 Å². The van der Waals surface area contributed by atoms with Crippen LogP contribution >= 0.6 is 0 Å². The number of fused-ring (bicyclic) bond motifs is 1. The molecule has 1 aromatic carbocycles. The Morgan fingerprint density at radius 3 is 2.85 bits per heavy atom. The molecule has 0 unspecified atom stereocenters. The van der Waals surface area contributed by atoms with Crippen LogP contribution in [0.2, 0.25) is 0 Å². The van der Waals surface area contributed by atoms with E-state index in [9.17, 15) is 9.59 Å². The summed E-state index contributed by atoms with van der Waals surface area (Å²) in [6, 6.07) is 7.57. The summed E-state index contributed by atoms with van der Waals surface area (Å²) in [5.74, 6) is 1.55. The summed E-state index contributed by atoms with van der Waals surface area (Å²) in [5, 5.41) is 7.23. The van der Waals surface area contributed by atoms with Crippen molar-refractivity contribution in [2.45, 2.75) is 45.7 Å². The second-order valence-electron chi connectivity index (χ2n) is 6.51. The van der Waals surface area contributed by atoms with Gasteiger partial charge in [0.15, 0.2) is 0 Å². The van der Waals surface area contributed by atoms with Gasteiger partial charge in [0.05, 0.1) is 6.61 Å². The minimum absolute atomic E-state index is 0.0357. The molecule has 0 fully saturated rings. The number of carbonyl (C=O) groups excluding carboxylic acids is 1. The Morgan fingerprint density at radius 1 is 1.30 bits per heavy atom. The number of amides is 1. The number of hydrogen-bond donors (Lipinski definition) is 1. The molecule has 0 aliphatic carbocycles. The zero-order chi connectivity index (χ0) is 19.1. The van der Waals surface area contributed by atoms with Crippen LogP contribution in [0.15, 0.2) is 35.1 Å². The van der Waals surface area contributed by atoms with Crippen LogP contribution in [0.1, 0.15) is 37.6 Å². The van der Waals surface area contributed by atoms with E-state index in [-0.39, 0.29) is 11.6 Å². The molecule has 144 valence electrons. The summed E-state index contributed by atoms with van der Waals surface area (Å²) in [6.45, 7) is 4.35. The molecule has 7 heteroatoms. The first kappa shape index (κ1) is 18.9. The zero-order valence-corrected chi connectivity index (χ0v) is 15.7.